The number of rotatable bonds is 6. The summed E-state index contributed by atoms with van der Waals surface area (Å²) in [7, 11) is 0. The molecule has 0 aromatic heterocycles. The van der Waals surface area contributed by atoms with Crippen molar-refractivity contribution in [3.63, 3.8) is 0 Å². The van der Waals surface area contributed by atoms with E-state index in [4.69, 9.17) is 0 Å². The molecule has 1 N–H and O–H groups in total. The Balaban J connectivity index is 2.03. The first kappa shape index (κ1) is 13.1. The van der Waals surface area contributed by atoms with Crippen LogP contribution in [0, 0.1) is 5.92 Å². The summed E-state index contributed by atoms with van der Waals surface area (Å²) in [4.78, 5) is 0. The summed E-state index contributed by atoms with van der Waals surface area (Å²) in [6, 6.07) is 15.2. The molecule has 2 aromatic rings. The Morgan fingerprint density at radius 1 is 0.944 bits per heavy atom. The predicted octanol–water partition coefficient (Wildman–Crippen LogP) is 4.37. The van der Waals surface area contributed by atoms with Crippen LogP contribution >= 0.6 is 0 Å². The Hall–Kier alpha value is -1.34. The van der Waals surface area contributed by atoms with Crippen molar-refractivity contribution in [1.82, 2.24) is 5.32 Å². The van der Waals surface area contributed by atoms with Crippen LogP contribution in [0.3, 0.4) is 0 Å². The number of fused-ring (bicyclic) bond motifs is 1. The molecule has 2 rings (SSSR count). The Bertz CT molecular complexity index is 480. The molecule has 0 fully saturated rings. The Morgan fingerprint density at radius 3 is 2.44 bits per heavy atom. The van der Waals surface area contributed by atoms with E-state index >= 15 is 0 Å². The third kappa shape index (κ3) is 3.11. The van der Waals surface area contributed by atoms with Gasteiger partial charge in [-0.3, -0.25) is 0 Å². The van der Waals surface area contributed by atoms with E-state index in [9.17, 15) is 0 Å². The first-order valence-corrected chi connectivity index (χ1v) is 7.02. The highest BCUT2D eigenvalue weighted by Crippen LogP contribution is 2.18. The minimum atomic E-state index is 0.806. The van der Waals surface area contributed by atoms with Gasteiger partial charge in [0.1, 0.15) is 0 Å². The summed E-state index contributed by atoms with van der Waals surface area (Å²) in [6.07, 6.45) is 2.53. The highest BCUT2D eigenvalue weighted by molar-refractivity contribution is 5.85. The van der Waals surface area contributed by atoms with Gasteiger partial charge in [0.2, 0.25) is 0 Å². The number of hydrogen-bond donors (Lipinski definition) is 1. The number of nitrogens with one attached hydrogen (secondary N) is 1. The van der Waals surface area contributed by atoms with Crippen LogP contribution in [0.5, 0.6) is 0 Å². The van der Waals surface area contributed by atoms with Crippen LogP contribution in [0.4, 0.5) is 0 Å². The number of benzene rings is 2. The normalized spacial score (nSPS) is 11.3. The predicted molar refractivity (Wildman–Crippen MR) is 79.7 cm³/mol. The highest BCUT2D eigenvalue weighted by atomic mass is 14.9. The monoisotopic (exact) mass is 241 g/mol. The molecule has 0 radical (unpaired) electrons. The SMILES string of the molecule is CCC(CC)CNCc1cccc2ccccc12. The molecule has 0 spiro atoms. The Kier molecular flexibility index (Phi) is 4.77. The second kappa shape index (κ2) is 6.55. The lowest BCUT2D eigenvalue weighted by Crippen LogP contribution is -2.21. The van der Waals surface area contributed by atoms with Gasteiger partial charge in [0.25, 0.3) is 0 Å². The smallest absolute Gasteiger partial charge is 0.0211 e. The molecule has 18 heavy (non-hydrogen) atoms. The van der Waals surface area contributed by atoms with E-state index < -0.39 is 0 Å². The van der Waals surface area contributed by atoms with Gasteiger partial charge in [-0.05, 0) is 28.8 Å². The van der Waals surface area contributed by atoms with Crippen LogP contribution in [0.2, 0.25) is 0 Å². The molecule has 0 aliphatic rings. The summed E-state index contributed by atoms with van der Waals surface area (Å²) in [5.41, 5.74) is 1.40. The van der Waals surface area contributed by atoms with Crippen molar-refractivity contribution in [2.24, 2.45) is 5.92 Å². The molecule has 0 aliphatic heterocycles. The van der Waals surface area contributed by atoms with E-state index in [0.717, 1.165) is 19.0 Å². The van der Waals surface area contributed by atoms with E-state index in [-0.39, 0.29) is 0 Å². The van der Waals surface area contributed by atoms with Gasteiger partial charge < -0.3 is 5.32 Å². The molecule has 0 saturated heterocycles. The fourth-order valence-corrected chi connectivity index (χ4v) is 2.43. The molecule has 0 atom stereocenters. The van der Waals surface area contributed by atoms with Gasteiger partial charge in [-0.2, -0.15) is 0 Å². The van der Waals surface area contributed by atoms with E-state index in [1.807, 2.05) is 0 Å². The molecule has 0 unspecified atom stereocenters. The van der Waals surface area contributed by atoms with Crippen molar-refractivity contribution in [3.8, 4) is 0 Å². The summed E-state index contributed by atoms with van der Waals surface area (Å²) >= 11 is 0. The molecular formula is C17H23N. The van der Waals surface area contributed by atoms with Gasteiger partial charge in [-0.25, -0.2) is 0 Å². The summed E-state index contributed by atoms with van der Waals surface area (Å²) in [5.74, 6) is 0.806. The zero-order valence-electron chi connectivity index (χ0n) is 11.4. The van der Waals surface area contributed by atoms with Crippen LogP contribution in [0.25, 0.3) is 10.8 Å². The molecule has 0 saturated carbocycles. The van der Waals surface area contributed by atoms with Gasteiger partial charge in [-0.15, -0.1) is 0 Å². The highest BCUT2D eigenvalue weighted by Gasteiger charge is 2.04. The Labute approximate surface area is 110 Å². The van der Waals surface area contributed by atoms with E-state index in [1.165, 1.54) is 29.2 Å². The first-order valence-electron chi connectivity index (χ1n) is 7.02. The molecule has 0 heterocycles. The summed E-state index contributed by atoms with van der Waals surface area (Å²) in [6.45, 7) is 6.63. The molecule has 96 valence electrons. The van der Waals surface area contributed by atoms with Crippen LogP contribution in [-0.2, 0) is 6.54 Å². The van der Waals surface area contributed by atoms with Gasteiger partial charge in [0.15, 0.2) is 0 Å². The van der Waals surface area contributed by atoms with Crippen molar-refractivity contribution in [1.29, 1.82) is 0 Å². The second-order valence-corrected chi connectivity index (χ2v) is 4.95. The molecule has 1 nitrogen and oxygen atoms in total. The fraction of sp³-hybridized carbons (Fsp3) is 0.412. The average molecular weight is 241 g/mol. The van der Waals surface area contributed by atoms with Crippen molar-refractivity contribution in [2.45, 2.75) is 33.2 Å². The fourth-order valence-electron chi connectivity index (χ4n) is 2.43. The minimum Gasteiger partial charge on any atom is -0.312 e. The summed E-state index contributed by atoms with van der Waals surface area (Å²) < 4.78 is 0. The Morgan fingerprint density at radius 2 is 1.67 bits per heavy atom. The van der Waals surface area contributed by atoms with Crippen LogP contribution in [0.1, 0.15) is 32.3 Å². The average Bonchev–Trinajstić information content (AvgIpc) is 2.44. The van der Waals surface area contributed by atoms with Crippen LogP contribution in [0.15, 0.2) is 42.5 Å². The van der Waals surface area contributed by atoms with Gasteiger partial charge >= 0.3 is 0 Å². The lowest BCUT2D eigenvalue weighted by Gasteiger charge is -2.14. The third-order valence-corrected chi connectivity index (χ3v) is 3.78. The van der Waals surface area contributed by atoms with Crippen LogP contribution < -0.4 is 5.32 Å². The molecule has 0 bridgehead atoms. The van der Waals surface area contributed by atoms with Gasteiger partial charge in [0.05, 0.1) is 0 Å². The quantitative estimate of drug-likeness (QED) is 0.792. The van der Waals surface area contributed by atoms with Gasteiger partial charge in [-0.1, -0.05) is 69.2 Å². The molecule has 0 aliphatic carbocycles. The molecule has 1 heteroatoms. The minimum absolute atomic E-state index is 0.806. The van der Waals surface area contributed by atoms with Crippen molar-refractivity contribution in [2.75, 3.05) is 6.54 Å². The van der Waals surface area contributed by atoms with Gasteiger partial charge in [0, 0.05) is 6.54 Å². The maximum Gasteiger partial charge on any atom is 0.0211 e. The molecule has 2 aromatic carbocycles. The lowest BCUT2D eigenvalue weighted by atomic mass is 10.0. The largest absolute Gasteiger partial charge is 0.312 e. The maximum absolute atomic E-state index is 3.60. The van der Waals surface area contributed by atoms with E-state index in [0.29, 0.717) is 0 Å². The third-order valence-electron chi connectivity index (χ3n) is 3.78. The van der Waals surface area contributed by atoms with Crippen LogP contribution in [-0.4, -0.2) is 6.54 Å². The van der Waals surface area contributed by atoms with Crippen molar-refractivity contribution >= 4 is 10.8 Å². The van der Waals surface area contributed by atoms with Crippen molar-refractivity contribution < 1.29 is 0 Å². The number of hydrogen-bond acceptors (Lipinski definition) is 1. The molecule has 0 amide bonds. The van der Waals surface area contributed by atoms with E-state index in [1.54, 1.807) is 0 Å². The standard InChI is InChI=1S/C17H23N/c1-3-14(4-2)12-18-13-16-10-7-9-15-8-5-6-11-17(15)16/h5-11,14,18H,3-4,12-13H2,1-2H3. The summed E-state index contributed by atoms with van der Waals surface area (Å²) in [5, 5.41) is 6.30. The first-order chi connectivity index (χ1) is 8.85. The zero-order chi connectivity index (χ0) is 12.8. The topological polar surface area (TPSA) is 12.0 Å². The zero-order valence-corrected chi connectivity index (χ0v) is 11.4. The van der Waals surface area contributed by atoms with Crippen molar-refractivity contribution in [3.05, 3.63) is 48.0 Å². The molecular weight excluding hydrogens is 218 g/mol. The second-order valence-electron chi connectivity index (χ2n) is 4.95. The lowest BCUT2D eigenvalue weighted by molar-refractivity contribution is 0.450. The maximum atomic E-state index is 3.60. The van der Waals surface area contributed by atoms with E-state index in [2.05, 4.69) is 61.6 Å².